The molecule has 5 rings (SSSR count). The number of hydrogen-bond acceptors (Lipinski definition) is 6. The number of carbonyl (C=O) groups is 1. The summed E-state index contributed by atoms with van der Waals surface area (Å²) in [6.45, 7) is 2.95. The number of hydrogen-bond donors (Lipinski definition) is 1. The molecule has 7 heteroatoms. The first kappa shape index (κ1) is 17.1. The molecule has 0 bridgehead atoms. The third kappa shape index (κ3) is 2.89. The average Bonchev–Trinajstić information content (AvgIpc) is 3.30. The van der Waals surface area contributed by atoms with Gasteiger partial charge in [-0.2, -0.15) is 4.98 Å². The van der Waals surface area contributed by atoms with Crippen LogP contribution in [0.3, 0.4) is 0 Å². The van der Waals surface area contributed by atoms with Crippen LogP contribution in [0.15, 0.2) is 47.0 Å². The molecule has 1 aliphatic heterocycles. The van der Waals surface area contributed by atoms with E-state index in [0.717, 1.165) is 38.2 Å². The van der Waals surface area contributed by atoms with Crippen LogP contribution in [-0.2, 0) is 17.8 Å². The largest absolute Gasteiger partial charge is 0.376 e. The van der Waals surface area contributed by atoms with Crippen LogP contribution in [0, 0.1) is 6.92 Å². The topological polar surface area (TPSA) is 77.2 Å². The average molecular weight is 391 g/mol. The van der Waals surface area contributed by atoms with Crippen LogP contribution in [0.2, 0.25) is 0 Å². The summed E-state index contributed by atoms with van der Waals surface area (Å²) in [6, 6.07) is 13.6. The molecule has 0 fully saturated rings. The molecule has 0 saturated carbocycles. The number of rotatable bonds is 3. The molecule has 1 N–H and O–H groups in total. The lowest BCUT2D eigenvalue weighted by molar-refractivity contribution is 0.102. The molecule has 6 nitrogen and oxygen atoms in total. The van der Waals surface area contributed by atoms with Crippen LogP contribution in [-0.4, -0.2) is 22.7 Å². The van der Waals surface area contributed by atoms with Gasteiger partial charge < -0.3 is 14.6 Å². The van der Waals surface area contributed by atoms with Crippen LogP contribution < -0.4 is 5.32 Å². The summed E-state index contributed by atoms with van der Waals surface area (Å²) in [5.41, 5.74) is 2.57. The molecule has 0 spiro atoms. The Morgan fingerprint density at radius 2 is 2.04 bits per heavy atom. The number of aromatic nitrogens is 2. The predicted octanol–water partition coefficient (Wildman–Crippen LogP) is 4.58. The number of nitrogens with one attached hydrogen (secondary N) is 1. The van der Waals surface area contributed by atoms with E-state index < -0.39 is 0 Å². The zero-order valence-electron chi connectivity index (χ0n) is 15.2. The Labute approximate surface area is 165 Å². The third-order valence-electron chi connectivity index (χ3n) is 4.82. The van der Waals surface area contributed by atoms with Gasteiger partial charge in [0.05, 0.1) is 18.8 Å². The van der Waals surface area contributed by atoms with Gasteiger partial charge in [0.1, 0.15) is 5.00 Å². The third-order valence-corrected chi connectivity index (χ3v) is 5.94. The second kappa shape index (κ2) is 6.85. The maximum atomic E-state index is 13.1. The van der Waals surface area contributed by atoms with Gasteiger partial charge in [-0.25, -0.2) is 0 Å². The van der Waals surface area contributed by atoms with Gasteiger partial charge in [0.2, 0.25) is 0 Å². The van der Waals surface area contributed by atoms with Crippen molar-refractivity contribution in [3.63, 3.8) is 0 Å². The minimum atomic E-state index is -0.159. The second-order valence-electron chi connectivity index (χ2n) is 6.64. The van der Waals surface area contributed by atoms with E-state index in [1.807, 2.05) is 42.5 Å². The molecule has 2 aromatic carbocycles. The van der Waals surface area contributed by atoms with Gasteiger partial charge in [0.15, 0.2) is 5.82 Å². The summed E-state index contributed by atoms with van der Waals surface area (Å²) in [6.07, 6.45) is 0.757. The number of aryl methyl sites for hydroxylation is 1. The Balaban J connectivity index is 1.58. The van der Waals surface area contributed by atoms with E-state index in [0.29, 0.717) is 30.5 Å². The quantitative estimate of drug-likeness (QED) is 0.553. The number of ether oxygens (including phenoxy) is 1. The molecular formula is C21H17N3O3S. The lowest BCUT2D eigenvalue weighted by Gasteiger charge is -2.12. The molecular weight excluding hydrogens is 374 g/mol. The van der Waals surface area contributed by atoms with Crippen molar-refractivity contribution in [2.75, 3.05) is 11.9 Å². The van der Waals surface area contributed by atoms with Gasteiger partial charge in [-0.3, -0.25) is 4.79 Å². The summed E-state index contributed by atoms with van der Waals surface area (Å²) in [7, 11) is 0. The zero-order valence-corrected chi connectivity index (χ0v) is 16.0. The minimum absolute atomic E-state index is 0.159. The first-order valence-corrected chi connectivity index (χ1v) is 9.84. The Kier molecular flexibility index (Phi) is 4.18. The highest BCUT2D eigenvalue weighted by Gasteiger charge is 2.27. The minimum Gasteiger partial charge on any atom is -0.376 e. The highest BCUT2D eigenvalue weighted by molar-refractivity contribution is 7.17. The number of amides is 1. The standard InChI is InChI=1S/C21H17N3O3S/c1-12-22-20(27-24-12)18-16-9-10-26-11-17(16)28-21(18)23-19(25)15-8-4-6-13-5-2-3-7-14(13)15/h2-8H,9-11H2,1H3,(H,23,25). The second-order valence-corrected chi connectivity index (χ2v) is 7.74. The van der Waals surface area contributed by atoms with Crippen molar-refractivity contribution in [2.45, 2.75) is 20.0 Å². The summed E-state index contributed by atoms with van der Waals surface area (Å²) >= 11 is 1.51. The predicted molar refractivity (Wildman–Crippen MR) is 108 cm³/mol. The summed E-state index contributed by atoms with van der Waals surface area (Å²) in [5.74, 6) is 0.840. The van der Waals surface area contributed by atoms with Crippen LogP contribution in [0.4, 0.5) is 5.00 Å². The molecule has 1 aliphatic rings. The van der Waals surface area contributed by atoms with Crippen molar-refractivity contribution in [1.29, 1.82) is 0 Å². The Hall–Kier alpha value is -3.03. The monoisotopic (exact) mass is 391 g/mol. The van der Waals surface area contributed by atoms with Gasteiger partial charge in [-0.05, 0) is 35.7 Å². The number of nitrogens with zero attached hydrogens (tertiary/aromatic N) is 2. The van der Waals surface area contributed by atoms with Crippen LogP contribution in [0.5, 0.6) is 0 Å². The van der Waals surface area contributed by atoms with Gasteiger partial charge in [0, 0.05) is 10.4 Å². The molecule has 3 heterocycles. The van der Waals surface area contributed by atoms with Gasteiger partial charge in [0.25, 0.3) is 11.8 Å². The molecule has 0 atom stereocenters. The van der Waals surface area contributed by atoms with E-state index in [9.17, 15) is 4.79 Å². The maximum absolute atomic E-state index is 13.1. The Bertz CT molecular complexity index is 1190. The Morgan fingerprint density at radius 1 is 1.18 bits per heavy atom. The fraction of sp³-hybridized carbons (Fsp3) is 0.190. The molecule has 4 aromatic rings. The molecule has 2 aromatic heterocycles. The molecule has 0 saturated heterocycles. The van der Waals surface area contributed by atoms with Crippen molar-refractivity contribution in [3.05, 3.63) is 64.3 Å². The zero-order chi connectivity index (χ0) is 19.1. The number of fused-ring (bicyclic) bond motifs is 2. The lowest BCUT2D eigenvalue weighted by Crippen LogP contribution is -2.12. The van der Waals surface area contributed by atoms with Crippen LogP contribution in [0.25, 0.3) is 22.2 Å². The highest BCUT2D eigenvalue weighted by Crippen LogP contribution is 2.42. The first-order valence-electron chi connectivity index (χ1n) is 9.03. The van der Waals surface area contributed by atoms with Gasteiger partial charge in [-0.15, -0.1) is 11.3 Å². The summed E-state index contributed by atoms with van der Waals surface area (Å²) in [5, 5.41) is 9.66. The Morgan fingerprint density at radius 3 is 2.89 bits per heavy atom. The first-order chi connectivity index (χ1) is 13.7. The highest BCUT2D eigenvalue weighted by atomic mass is 32.1. The van der Waals surface area contributed by atoms with E-state index in [4.69, 9.17) is 9.26 Å². The molecule has 0 unspecified atom stereocenters. The molecule has 1 amide bonds. The number of anilines is 1. The van der Waals surface area contributed by atoms with Gasteiger partial charge >= 0.3 is 0 Å². The number of thiophene rings is 1. The van der Waals surface area contributed by atoms with Crippen molar-refractivity contribution in [1.82, 2.24) is 10.1 Å². The normalized spacial score (nSPS) is 13.5. The molecule has 140 valence electrons. The molecule has 28 heavy (non-hydrogen) atoms. The van der Waals surface area contributed by atoms with Crippen molar-refractivity contribution >= 4 is 33.0 Å². The van der Waals surface area contributed by atoms with Crippen molar-refractivity contribution < 1.29 is 14.1 Å². The van der Waals surface area contributed by atoms with E-state index in [1.54, 1.807) is 6.92 Å². The van der Waals surface area contributed by atoms with Crippen LogP contribution >= 0.6 is 11.3 Å². The van der Waals surface area contributed by atoms with Crippen molar-refractivity contribution in [2.24, 2.45) is 0 Å². The summed E-state index contributed by atoms with van der Waals surface area (Å²) < 4.78 is 11.0. The van der Waals surface area contributed by atoms with Crippen molar-refractivity contribution in [3.8, 4) is 11.5 Å². The molecule has 0 aliphatic carbocycles. The lowest BCUT2D eigenvalue weighted by atomic mass is 10.0. The number of carbonyl (C=O) groups excluding carboxylic acids is 1. The van der Waals surface area contributed by atoms with E-state index in [2.05, 4.69) is 15.5 Å². The fourth-order valence-electron chi connectivity index (χ4n) is 3.54. The van der Waals surface area contributed by atoms with E-state index >= 15 is 0 Å². The fourth-order valence-corrected chi connectivity index (χ4v) is 4.71. The van der Waals surface area contributed by atoms with Crippen LogP contribution in [0.1, 0.15) is 26.6 Å². The smallest absolute Gasteiger partial charge is 0.261 e. The molecule has 0 radical (unpaired) electrons. The van der Waals surface area contributed by atoms with Gasteiger partial charge in [-0.1, -0.05) is 41.6 Å². The number of benzene rings is 2. The maximum Gasteiger partial charge on any atom is 0.261 e. The summed E-state index contributed by atoms with van der Waals surface area (Å²) in [4.78, 5) is 18.6. The van der Waals surface area contributed by atoms with E-state index in [1.165, 1.54) is 11.3 Å². The SMILES string of the molecule is Cc1noc(-c2c(NC(=O)c3cccc4ccccc34)sc3c2CCOC3)n1. The van der Waals surface area contributed by atoms with E-state index in [-0.39, 0.29) is 5.91 Å².